The Morgan fingerprint density at radius 3 is 2.90 bits per heavy atom. The van der Waals surface area contributed by atoms with Crippen molar-refractivity contribution in [3.05, 3.63) is 53.5 Å². The fraction of sp³-hybridized carbons (Fsp3) is 0.381. The lowest BCUT2D eigenvalue weighted by Gasteiger charge is -2.10. The van der Waals surface area contributed by atoms with E-state index in [4.69, 9.17) is 9.84 Å². The Morgan fingerprint density at radius 1 is 1.33 bits per heavy atom. The van der Waals surface area contributed by atoms with Gasteiger partial charge in [-0.1, -0.05) is 12.1 Å². The smallest absolute Gasteiger partial charge is 0.272 e. The SMILES string of the molecule is Cc1cc(Cn2cc3c(CC(=O)NCCCO)nccc3n2)ccc1OCC(F)F. The van der Waals surface area contributed by atoms with Crippen molar-refractivity contribution in [1.29, 1.82) is 0 Å². The monoisotopic (exact) mass is 418 g/mol. The van der Waals surface area contributed by atoms with E-state index < -0.39 is 13.0 Å². The summed E-state index contributed by atoms with van der Waals surface area (Å²) in [6.45, 7) is 2.10. The fourth-order valence-electron chi connectivity index (χ4n) is 3.10. The van der Waals surface area contributed by atoms with Crippen LogP contribution in [0.1, 0.15) is 23.2 Å². The molecule has 3 aromatic rings. The zero-order valence-corrected chi connectivity index (χ0v) is 16.6. The van der Waals surface area contributed by atoms with Gasteiger partial charge in [-0.25, -0.2) is 8.78 Å². The third kappa shape index (κ3) is 5.73. The number of benzene rings is 1. The molecule has 1 amide bonds. The van der Waals surface area contributed by atoms with Crippen LogP contribution in [0.25, 0.3) is 10.9 Å². The minimum Gasteiger partial charge on any atom is -0.487 e. The van der Waals surface area contributed by atoms with Gasteiger partial charge in [-0.15, -0.1) is 0 Å². The number of fused-ring (bicyclic) bond motifs is 1. The summed E-state index contributed by atoms with van der Waals surface area (Å²) in [6.07, 6.45) is 1.58. The lowest BCUT2D eigenvalue weighted by Crippen LogP contribution is -2.26. The summed E-state index contributed by atoms with van der Waals surface area (Å²) >= 11 is 0. The van der Waals surface area contributed by atoms with E-state index >= 15 is 0 Å². The number of carbonyl (C=O) groups is 1. The fourth-order valence-corrected chi connectivity index (χ4v) is 3.10. The first-order chi connectivity index (χ1) is 14.5. The molecule has 2 aromatic heterocycles. The molecule has 0 aliphatic rings. The van der Waals surface area contributed by atoms with E-state index in [-0.39, 0.29) is 18.9 Å². The Balaban J connectivity index is 1.71. The predicted octanol–water partition coefficient (Wildman–Crippen LogP) is 2.47. The number of aromatic nitrogens is 3. The number of halogens is 2. The molecule has 9 heteroatoms. The van der Waals surface area contributed by atoms with E-state index in [0.29, 0.717) is 31.0 Å². The largest absolute Gasteiger partial charge is 0.487 e. The van der Waals surface area contributed by atoms with Crippen LogP contribution < -0.4 is 10.1 Å². The second-order valence-corrected chi connectivity index (χ2v) is 6.92. The van der Waals surface area contributed by atoms with Crippen molar-refractivity contribution in [2.45, 2.75) is 32.7 Å². The first kappa shape index (κ1) is 21.6. The lowest BCUT2D eigenvalue weighted by atomic mass is 10.1. The molecular formula is C21H24F2N4O3. The first-order valence-corrected chi connectivity index (χ1v) is 9.65. The maximum Gasteiger partial charge on any atom is 0.272 e. The minimum atomic E-state index is -2.51. The van der Waals surface area contributed by atoms with Crippen LogP contribution >= 0.6 is 0 Å². The molecule has 0 bridgehead atoms. The maximum atomic E-state index is 12.3. The molecule has 7 nitrogen and oxygen atoms in total. The highest BCUT2D eigenvalue weighted by molar-refractivity contribution is 5.86. The molecular weight excluding hydrogens is 394 g/mol. The number of rotatable bonds is 10. The van der Waals surface area contributed by atoms with Crippen molar-refractivity contribution in [3.8, 4) is 5.75 Å². The molecule has 2 N–H and O–H groups in total. The Kier molecular flexibility index (Phi) is 7.29. The summed E-state index contributed by atoms with van der Waals surface area (Å²) in [5, 5.41) is 16.9. The van der Waals surface area contributed by atoms with Crippen LogP contribution in [-0.4, -0.2) is 52.0 Å². The van der Waals surface area contributed by atoms with Crippen LogP contribution in [0.2, 0.25) is 0 Å². The van der Waals surface area contributed by atoms with Gasteiger partial charge >= 0.3 is 0 Å². The summed E-state index contributed by atoms with van der Waals surface area (Å²) < 4.78 is 31.5. The van der Waals surface area contributed by atoms with Crippen LogP contribution in [0, 0.1) is 6.92 Å². The number of amides is 1. The van der Waals surface area contributed by atoms with Gasteiger partial charge < -0.3 is 15.2 Å². The van der Waals surface area contributed by atoms with Gasteiger partial charge in [0.05, 0.1) is 24.2 Å². The number of aliphatic hydroxyl groups is 1. The van der Waals surface area contributed by atoms with Crippen LogP contribution in [-0.2, 0) is 17.8 Å². The summed E-state index contributed by atoms with van der Waals surface area (Å²) in [5.41, 5.74) is 3.08. The molecule has 160 valence electrons. The van der Waals surface area contributed by atoms with Gasteiger partial charge in [0.1, 0.15) is 12.4 Å². The molecule has 0 aliphatic carbocycles. The molecule has 1 aromatic carbocycles. The molecule has 0 saturated heterocycles. The van der Waals surface area contributed by atoms with E-state index in [9.17, 15) is 13.6 Å². The standard InChI is InChI=1S/C21H24F2N4O3/c1-14-9-15(3-4-19(14)30-13-20(22)23)11-27-12-16-17(26-27)5-7-24-18(16)10-21(29)25-6-2-8-28/h3-5,7,9,12,20,28H,2,6,8,10-11,13H2,1H3,(H,25,29). The van der Waals surface area contributed by atoms with E-state index in [1.165, 1.54) is 0 Å². The van der Waals surface area contributed by atoms with E-state index in [0.717, 1.165) is 22.0 Å². The highest BCUT2D eigenvalue weighted by Crippen LogP contribution is 2.21. The second kappa shape index (κ2) is 10.1. The van der Waals surface area contributed by atoms with E-state index in [1.807, 2.05) is 18.3 Å². The Hall–Kier alpha value is -3.07. The third-order valence-electron chi connectivity index (χ3n) is 4.50. The summed E-state index contributed by atoms with van der Waals surface area (Å²) in [6, 6.07) is 7.15. The number of hydrogen-bond donors (Lipinski definition) is 2. The van der Waals surface area contributed by atoms with Gasteiger partial charge in [0, 0.05) is 30.9 Å². The number of nitrogens with one attached hydrogen (secondary N) is 1. The molecule has 0 saturated carbocycles. The molecule has 0 aliphatic heterocycles. The van der Waals surface area contributed by atoms with Crippen LogP contribution in [0.3, 0.4) is 0 Å². The first-order valence-electron chi connectivity index (χ1n) is 9.65. The Morgan fingerprint density at radius 2 is 2.17 bits per heavy atom. The number of carbonyl (C=O) groups excluding carboxylic acids is 1. The average Bonchev–Trinajstić information content (AvgIpc) is 3.11. The zero-order chi connectivity index (χ0) is 21.5. The molecule has 2 heterocycles. The van der Waals surface area contributed by atoms with Crippen molar-refractivity contribution in [2.75, 3.05) is 19.8 Å². The summed E-state index contributed by atoms with van der Waals surface area (Å²) in [4.78, 5) is 16.4. The zero-order valence-electron chi connectivity index (χ0n) is 16.6. The molecule has 3 rings (SSSR count). The lowest BCUT2D eigenvalue weighted by molar-refractivity contribution is -0.120. The minimum absolute atomic E-state index is 0.0275. The highest BCUT2D eigenvalue weighted by atomic mass is 19.3. The van der Waals surface area contributed by atoms with Gasteiger partial charge in [0.25, 0.3) is 6.43 Å². The molecule has 0 radical (unpaired) electrons. The van der Waals surface area contributed by atoms with Crippen molar-refractivity contribution in [2.24, 2.45) is 0 Å². The molecule has 30 heavy (non-hydrogen) atoms. The number of alkyl halides is 2. The van der Waals surface area contributed by atoms with Crippen LogP contribution in [0.15, 0.2) is 36.7 Å². The van der Waals surface area contributed by atoms with Gasteiger partial charge in [-0.2, -0.15) is 5.10 Å². The summed E-state index contributed by atoms with van der Waals surface area (Å²) in [5.74, 6) is 0.273. The quantitative estimate of drug-likeness (QED) is 0.494. The number of aryl methyl sites for hydroxylation is 1. The second-order valence-electron chi connectivity index (χ2n) is 6.92. The van der Waals surface area contributed by atoms with Gasteiger partial charge in [-0.05, 0) is 36.6 Å². The summed E-state index contributed by atoms with van der Waals surface area (Å²) in [7, 11) is 0. The highest BCUT2D eigenvalue weighted by Gasteiger charge is 2.12. The van der Waals surface area contributed by atoms with Crippen LogP contribution in [0.4, 0.5) is 8.78 Å². The predicted molar refractivity (Wildman–Crippen MR) is 108 cm³/mol. The van der Waals surface area contributed by atoms with Gasteiger partial charge in [0.15, 0.2) is 0 Å². The van der Waals surface area contributed by atoms with E-state index in [1.54, 1.807) is 29.9 Å². The van der Waals surface area contributed by atoms with Crippen molar-refractivity contribution in [1.82, 2.24) is 20.1 Å². The Labute approximate surface area is 172 Å². The number of nitrogens with zero attached hydrogens (tertiary/aromatic N) is 3. The molecule has 0 fully saturated rings. The Bertz CT molecular complexity index is 1010. The van der Waals surface area contributed by atoms with Crippen molar-refractivity contribution in [3.63, 3.8) is 0 Å². The number of pyridine rings is 1. The normalized spacial score (nSPS) is 11.2. The van der Waals surface area contributed by atoms with Crippen LogP contribution in [0.5, 0.6) is 5.75 Å². The van der Waals surface area contributed by atoms with Crippen molar-refractivity contribution < 1.29 is 23.4 Å². The number of ether oxygens (including phenoxy) is 1. The maximum absolute atomic E-state index is 12.3. The molecule has 0 unspecified atom stereocenters. The average molecular weight is 418 g/mol. The number of aliphatic hydroxyl groups excluding tert-OH is 1. The molecule has 0 atom stereocenters. The van der Waals surface area contributed by atoms with Crippen molar-refractivity contribution >= 4 is 16.8 Å². The number of hydrogen-bond acceptors (Lipinski definition) is 5. The third-order valence-corrected chi connectivity index (χ3v) is 4.50. The van der Waals surface area contributed by atoms with Gasteiger partial charge in [-0.3, -0.25) is 14.5 Å². The topological polar surface area (TPSA) is 89.3 Å². The van der Waals surface area contributed by atoms with E-state index in [2.05, 4.69) is 15.4 Å². The van der Waals surface area contributed by atoms with Gasteiger partial charge in [0.2, 0.25) is 5.91 Å². The molecule has 0 spiro atoms.